The molecule has 2 rings (SSSR count). The summed E-state index contributed by atoms with van der Waals surface area (Å²) < 4.78 is 1.95. The van der Waals surface area contributed by atoms with E-state index in [4.69, 9.17) is 5.73 Å². The van der Waals surface area contributed by atoms with E-state index in [-0.39, 0.29) is 11.8 Å². The Balaban J connectivity index is 2.51. The molecule has 0 aliphatic carbocycles. The third-order valence-corrected chi connectivity index (χ3v) is 1.70. The van der Waals surface area contributed by atoms with Crippen LogP contribution in [0.5, 0.6) is 5.88 Å². The summed E-state index contributed by atoms with van der Waals surface area (Å²) in [6.45, 7) is 0.337. The summed E-state index contributed by atoms with van der Waals surface area (Å²) in [4.78, 5) is 0. The number of nitrogens with two attached hydrogens (primary N) is 1. The van der Waals surface area contributed by atoms with Gasteiger partial charge in [-0.25, -0.2) is 10.0 Å². The van der Waals surface area contributed by atoms with Gasteiger partial charge in [0.05, 0.1) is 11.9 Å². The summed E-state index contributed by atoms with van der Waals surface area (Å²) in [5, 5.41) is 22.9. The molecular weight excluding hydrogens is 160 g/mol. The molecule has 0 saturated carbocycles. The highest BCUT2D eigenvalue weighted by atomic mass is 16.5. The quantitative estimate of drug-likeness (QED) is 0.344. The van der Waals surface area contributed by atoms with Gasteiger partial charge in [0.15, 0.2) is 0 Å². The van der Waals surface area contributed by atoms with Gasteiger partial charge in [0.25, 0.3) is 5.88 Å². The maximum absolute atomic E-state index is 11.0. The van der Waals surface area contributed by atoms with Gasteiger partial charge in [-0.1, -0.05) is 0 Å². The van der Waals surface area contributed by atoms with Crippen molar-refractivity contribution < 1.29 is 9.84 Å². The zero-order valence-corrected chi connectivity index (χ0v) is 6.19. The average Bonchev–Trinajstić information content (AvgIpc) is 2.28. The number of allylic oxidation sites excluding steroid dienone is 1. The first kappa shape index (κ1) is 6.84. The van der Waals surface area contributed by atoms with Crippen molar-refractivity contribution in [3.8, 4) is 5.88 Å². The molecule has 0 fully saturated rings. The molecule has 4 N–H and O–H groups in total. The van der Waals surface area contributed by atoms with Gasteiger partial charge >= 0.3 is 5.95 Å². The molecule has 0 unspecified atom stereocenters. The summed E-state index contributed by atoms with van der Waals surface area (Å²) in [5.41, 5.74) is 6.05. The third-order valence-electron chi connectivity index (χ3n) is 1.70. The summed E-state index contributed by atoms with van der Waals surface area (Å²) >= 11 is 0. The molecule has 0 bridgehead atoms. The second-order valence-electron chi connectivity index (χ2n) is 2.59. The standard InChI is InChI=1S/C6H8N4O2/c7-4-1-8-6-9(2-4)5(11)3-10(6)12/h1,3,8,11H,2,7H2. The van der Waals surface area contributed by atoms with Crippen molar-refractivity contribution in [2.75, 3.05) is 5.32 Å². The van der Waals surface area contributed by atoms with Crippen molar-refractivity contribution in [3.05, 3.63) is 23.3 Å². The maximum Gasteiger partial charge on any atom is 0.365 e. The van der Waals surface area contributed by atoms with Crippen molar-refractivity contribution >= 4 is 5.95 Å². The number of nitrogens with one attached hydrogen (secondary N) is 1. The number of hydrogen-bond donors (Lipinski definition) is 3. The van der Waals surface area contributed by atoms with Crippen LogP contribution in [0, 0.1) is 5.21 Å². The lowest BCUT2D eigenvalue weighted by Crippen LogP contribution is -2.30. The minimum absolute atomic E-state index is 0.0939. The third kappa shape index (κ3) is 0.777. The normalized spacial score (nSPS) is 14.8. The van der Waals surface area contributed by atoms with Crippen LogP contribution >= 0.6 is 0 Å². The van der Waals surface area contributed by atoms with Crippen LogP contribution in [0.1, 0.15) is 0 Å². The van der Waals surface area contributed by atoms with Crippen LogP contribution in [-0.4, -0.2) is 9.67 Å². The number of fused-ring (bicyclic) bond motifs is 1. The fourth-order valence-electron chi connectivity index (χ4n) is 1.15. The van der Waals surface area contributed by atoms with E-state index in [1.54, 1.807) is 0 Å². The van der Waals surface area contributed by atoms with E-state index in [9.17, 15) is 10.3 Å². The maximum atomic E-state index is 11.0. The number of aromatic hydroxyl groups is 1. The highest BCUT2D eigenvalue weighted by Crippen LogP contribution is 2.18. The number of anilines is 1. The molecular formula is C6H8N4O2. The molecule has 64 valence electrons. The molecule has 12 heavy (non-hydrogen) atoms. The monoisotopic (exact) mass is 168 g/mol. The first-order chi connectivity index (χ1) is 5.68. The molecule has 1 aromatic heterocycles. The van der Waals surface area contributed by atoms with Crippen LogP contribution in [0.25, 0.3) is 0 Å². The average molecular weight is 168 g/mol. The minimum Gasteiger partial charge on any atom is -0.740 e. The highest BCUT2D eigenvalue weighted by Gasteiger charge is 2.21. The molecule has 1 aromatic rings. The Hall–Kier alpha value is -1.85. The first-order valence-electron chi connectivity index (χ1n) is 3.41. The summed E-state index contributed by atoms with van der Waals surface area (Å²) in [6, 6.07) is 0. The van der Waals surface area contributed by atoms with Gasteiger partial charge in [0.2, 0.25) is 0 Å². The zero-order valence-electron chi connectivity index (χ0n) is 6.19. The number of nitrogens with zero attached hydrogens (tertiary/aromatic N) is 2. The van der Waals surface area contributed by atoms with Gasteiger partial charge in [0.1, 0.15) is 12.7 Å². The van der Waals surface area contributed by atoms with Crippen LogP contribution < -0.4 is 15.8 Å². The lowest BCUT2D eigenvalue weighted by Gasteiger charge is -2.10. The van der Waals surface area contributed by atoms with Crippen molar-refractivity contribution in [3.63, 3.8) is 0 Å². The highest BCUT2D eigenvalue weighted by molar-refractivity contribution is 5.34. The minimum atomic E-state index is -0.0939. The predicted molar refractivity (Wildman–Crippen MR) is 40.9 cm³/mol. The van der Waals surface area contributed by atoms with E-state index in [0.717, 1.165) is 6.20 Å². The van der Waals surface area contributed by atoms with Crippen molar-refractivity contribution in [2.45, 2.75) is 6.54 Å². The Morgan fingerprint density at radius 2 is 2.50 bits per heavy atom. The molecule has 1 aliphatic rings. The Bertz CT molecular complexity index is 355. The first-order valence-corrected chi connectivity index (χ1v) is 3.41. The second kappa shape index (κ2) is 2.07. The van der Waals surface area contributed by atoms with E-state index in [1.807, 2.05) is 0 Å². The molecule has 6 heteroatoms. The molecule has 2 heterocycles. The van der Waals surface area contributed by atoms with Crippen molar-refractivity contribution in [1.29, 1.82) is 0 Å². The number of hydrogen-bond acceptors (Lipinski definition) is 4. The predicted octanol–water partition coefficient (Wildman–Crippen LogP) is -0.947. The topological polar surface area (TPSA) is 90.1 Å². The molecule has 0 radical (unpaired) electrons. The van der Waals surface area contributed by atoms with Crippen LogP contribution in [0.3, 0.4) is 0 Å². The molecule has 0 spiro atoms. The molecule has 1 aliphatic heterocycles. The Morgan fingerprint density at radius 3 is 3.25 bits per heavy atom. The largest absolute Gasteiger partial charge is 0.740 e. The summed E-state index contributed by atoms with van der Waals surface area (Å²) in [6.07, 6.45) is 2.61. The fraction of sp³-hybridized carbons (Fsp3) is 0.167. The van der Waals surface area contributed by atoms with Crippen molar-refractivity contribution in [2.24, 2.45) is 5.73 Å². The van der Waals surface area contributed by atoms with Gasteiger partial charge < -0.3 is 16.0 Å². The van der Waals surface area contributed by atoms with Crippen LogP contribution in [0.4, 0.5) is 5.95 Å². The Morgan fingerprint density at radius 1 is 1.75 bits per heavy atom. The lowest BCUT2D eigenvalue weighted by molar-refractivity contribution is -0.589. The van der Waals surface area contributed by atoms with E-state index >= 15 is 0 Å². The van der Waals surface area contributed by atoms with Crippen molar-refractivity contribution in [1.82, 2.24) is 4.57 Å². The van der Waals surface area contributed by atoms with Gasteiger partial charge in [-0.3, -0.25) is 0 Å². The zero-order chi connectivity index (χ0) is 8.72. The van der Waals surface area contributed by atoms with Crippen LogP contribution in [0.15, 0.2) is 18.1 Å². The molecule has 6 nitrogen and oxygen atoms in total. The number of imidazole rings is 1. The number of aromatic nitrogens is 2. The van der Waals surface area contributed by atoms with Gasteiger partial charge in [-0.2, -0.15) is 4.57 Å². The van der Waals surface area contributed by atoms with E-state index < -0.39 is 0 Å². The van der Waals surface area contributed by atoms with E-state index in [2.05, 4.69) is 5.32 Å². The Kier molecular flexibility index (Phi) is 1.18. The molecule has 0 saturated heterocycles. The lowest BCUT2D eigenvalue weighted by atomic mass is 10.4. The molecule has 0 aromatic carbocycles. The SMILES string of the molecule is NC1=CNc2n(c(O)c[n+]2[O-])C1. The van der Waals surface area contributed by atoms with Crippen LogP contribution in [-0.2, 0) is 6.54 Å². The van der Waals surface area contributed by atoms with E-state index in [1.165, 1.54) is 10.8 Å². The van der Waals surface area contributed by atoms with Gasteiger partial charge in [-0.15, -0.1) is 0 Å². The number of rotatable bonds is 0. The van der Waals surface area contributed by atoms with Gasteiger partial charge in [-0.05, 0) is 0 Å². The molecule has 0 atom stereocenters. The second-order valence-corrected chi connectivity index (χ2v) is 2.59. The summed E-state index contributed by atoms with van der Waals surface area (Å²) in [7, 11) is 0. The fourth-order valence-corrected chi connectivity index (χ4v) is 1.15. The Labute approximate surface area is 68.1 Å². The smallest absolute Gasteiger partial charge is 0.365 e. The van der Waals surface area contributed by atoms with Gasteiger partial charge in [0, 0.05) is 0 Å². The summed E-state index contributed by atoms with van der Waals surface area (Å²) in [5.74, 6) is 0.185. The van der Waals surface area contributed by atoms with Crippen LogP contribution in [0.2, 0.25) is 0 Å². The molecule has 0 amide bonds. The van der Waals surface area contributed by atoms with E-state index in [0.29, 0.717) is 17.0 Å².